The van der Waals surface area contributed by atoms with Gasteiger partial charge in [0.15, 0.2) is 5.96 Å². The molecule has 0 amide bonds. The molecule has 0 aliphatic carbocycles. The summed E-state index contributed by atoms with van der Waals surface area (Å²) >= 11 is 0. The third-order valence-electron chi connectivity index (χ3n) is 4.66. The van der Waals surface area contributed by atoms with Gasteiger partial charge in [-0.3, -0.25) is 0 Å². The van der Waals surface area contributed by atoms with Crippen LogP contribution in [0.25, 0.3) is 0 Å². The molecule has 3 rings (SSSR count). The first kappa shape index (κ1) is 19.0. The number of rotatable bonds is 6. The Labute approximate surface area is 160 Å². The molecule has 5 nitrogen and oxygen atoms in total. The monoisotopic (exact) mass is 370 g/mol. The zero-order valence-corrected chi connectivity index (χ0v) is 15.9. The topological polar surface area (TPSA) is 48.9 Å². The zero-order valence-electron chi connectivity index (χ0n) is 15.9. The van der Waals surface area contributed by atoms with E-state index in [4.69, 9.17) is 4.74 Å². The van der Waals surface area contributed by atoms with Gasteiger partial charge in [0.05, 0.1) is 19.3 Å². The fraction of sp³-hybridized carbons (Fsp3) is 0.381. The summed E-state index contributed by atoms with van der Waals surface area (Å²) in [7, 11) is 1.70. The van der Waals surface area contributed by atoms with Crippen LogP contribution in [-0.2, 0) is 6.54 Å². The van der Waals surface area contributed by atoms with Gasteiger partial charge in [0, 0.05) is 31.2 Å². The van der Waals surface area contributed by atoms with Crippen molar-refractivity contribution in [3.05, 3.63) is 59.9 Å². The number of halogens is 1. The molecule has 0 saturated carbocycles. The lowest BCUT2D eigenvalue weighted by Gasteiger charge is -2.22. The molecule has 1 unspecified atom stereocenters. The molecule has 1 aliphatic heterocycles. The van der Waals surface area contributed by atoms with Crippen LogP contribution in [0.2, 0.25) is 0 Å². The summed E-state index contributed by atoms with van der Waals surface area (Å²) < 4.78 is 19.3. The van der Waals surface area contributed by atoms with Crippen molar-refractivity contribution in [1.82, 2.24) is 10.6 Å². The highest BCUT2D eigenvalue weighted by Gasteiger charge is 2.25. The standard InChI is InChI=1S/C21H27FN4O/c1-3-23-21(24-14-16-8-4-5-9-18(16)22)25-17-12-13-26(15-17)19-10-6-7-11-20(19)27-2/h4-11,17H,3,12-15H2,1-2H3,(H2,23,24,25). The van der Waals surface area contributed by atoms with Crippen molar-refractivity contribution in [2.45, 2.75) is 25.9 Å². The molecule has 6 heteroatoms. The molecule has 144 valence electrons. The molecule has 27 heavy (non-hydrogen) atoms. The lowest BCUT2D eigenvalue weighted by molar-refractivity contribution is 0.415. The molecule has 1 heterocycles. The first-order valence-electron chi connectivity index (χ1n) is 9.37. The number of para-hydroxylation sites is 2. The number of guanidine groups is 1. The van der Waals surface area contributed by atoms with Crippen LogP contribution in [-0.4, -0.2) is 38.7 Å². The van der Waals surface area contributed by atoms with Crippen LogP contribution in [0, 0.1) is 5.82 Å². The van der Waals surface area contributed by atoms with E-state index in [1.54, 1.807) is 19.2 Å². The summed E-state index contributed by atoms with van der Waals surface area (Å²) in [4.78, 5) is 6.87. The van der Waals surface area contributed by atoms with Gasteiger partial charge in [-0.05, 0) is 31.5 Å². The van der Waals surface area contributed by atoms with Crippen LogP contribution in [0.3, 0.4) is 0 Å². The van der Waals surface area contributed by atoms with Crippen LogP contribution in [0.1, 0.15) is 18.9 Å². The van der Waals surface area contributed by atoms with E-state index in [2.05, 4.69) is 26.6 Å². The Morgan fingerprint density at radius 3 is 2.78 bits per heavy atom. The molecule has 2 N–H and O–H groups in total. The van der Waals surface area contributed by atoms with Crippen LogP contribution < -0.4 is 20.3 Å². The number of ether oxygens (including phenoxy) is 1. The van der Waals surface area contributed by atoms with Gasteiger partial charge in [-0.25, -0.2) is 9.38 Å². The van der Waals surface area contributed by atoms with Crippen molar-refractivity contribution < 1.29 is 9.13 Å². The summed E-state index contributed by atoms with van der Waals surface area (Å²) in [5.41, 5.74) is 1.70. The van der Waals surface area contributed by atoms with E-state index in [0.29, 0.717) is 18.1 Å². The molecule has 1 fully saturated rings. The van der Waals surface area contributed by atoms with Gasteiger partial charge in [0.2, 0.25) is 0 Å². The maximum Gasteiger partial charge on any atom is 0.191 e. The highest BCUT2D eigenvalue weighted by Crippen LogP contribution is 2.30. The Bertz CT molecular complexity index is 780. The van der Waals surface area contributed by atoms with E-state index in [1.807, 2.05) is 31.2 Å². The van der Waals surface area contributed by atoms with Crippen LogP contribution in [0.4, 0.5) is 10.1 Å². The van der Waals surface area contributed by atoms with E-state index in [-0.39, 0.29) is 11.9 Å². The summed E-state index contributed by atoms with van der Waals surface area (Å²) in [5, 5.41) is 6.73. The Morgan fingerprint density at radius 2 is 2.00 bits per heavy atom. The largest absolute Gasteiger partial charge is 0.495 e. The summed E-state index contributed by atoms with van der Waals surface area (Å²) in [5.74, 6) is 1.38. The predicted molar refractivity (Wildman–Crippen MR) is 108 cm³/mol. The maximum absolute atomic E-state index is 13.8. The van der Waals surface area contributed by atoms with Crippen LogP contribution in [0.5, 0.6) is 5.75 Å². The van der Waals surface area contributed by atoms with E-state index in [1.165, 1.54) is 6.07 Å². The number of aliphatic imine (C=N–C) groups is 1. The van der Waals surface area contributed by atoms with Crippen molar-refractivity contribution in [2.24, 2.45) is 4.99 Å². The second-order valence-corrected chi connectivity index (χ2v) is 6.53. The summed E-state index contributed by atoms with van der Waals surface area (Å²) in [6.45, 7) is 4.91. The van der Waals surface area contributed by atoms with Gasteiger partial charge < -0.3 is 20.3 Å². The number of hydrogen-bond donors (Lipinski definition) is 2. The predicted octanol–water partition coefficient (Wildman–Crippen LogP) is 3.17. The molecule has 0 bridgehead atoms. The number of anilines is 1. The minimum absolute atomic E-state index is 0.222. The van der Waals surface area contributed by atoms with E-state index >= 15 is 0 Å². The second-order valence-electron chi connectivity index (χ2n) is 6.53. The Kier molecular flexibility index (Phi) is 6.52. The number of nitrogens with zero attached hydrogens (tertiary/aromatic N) is 2. The molecule has 0 spiro atoms. The van der Waals surface area contributed by atoms with Crippen molar-refractivity contribution in [3.8, 4) is 5.75 Å². The molecule has 1 atom stereocenters. The van der Waals surface area contributed by atoms with E-state index in [9.17, 15) is 4.39 Å². The first-order valence-corrected chi connectivity index (χ1v) is 9.37. The summed E-state index contributed by atoms with van der Waals surface area (Å²) in [6, 6.07) is 15.1. The molecule has 0 aromatic heterocycles. The molecule has 2 aromatic rings. The van der Waals surface area contributed by atoms with Crippen molar-refractivity contribution in [2.75, 3.05) is 31.6 Å². The average Bonchev–Trinajstić information content (AvgIpc) is 3.15. The van der Waals surface area contributed by atoms with Crippen molar-refractivity contribution in [3.63, 3.8) is 0 Å². The van der Waals surface area contributed by atoms with Gasteiger partial charge in [0.1, 0.15) is 11.6 Å². The highest BCUT2D eigenvalue weighted by molar-refractivity contribution is 5.80. The number of benzene rings is 2. The van der Waals surface area contributed by atoms with Crippen LogP contribution in [0.15, 0.2) is 53.5 Å². The Hall–Kier alpha value is -2.76. The lowest BCUT2D eigenvalue weighted by atomic mass is 10.2. The molecule has 1 aliphatic rings. The van der Waals surface area contributed by atoms with Gasteiger partial charge >= 0.3 is 0 Å². The maximum atomic E-state index is 13.8. The molecular formula is C21H27FN4O. The van der Waals surface area contributed by atoms with Gasteiger partial charge in [-0.2, -0.15) is 0 Å². The number of nitrogens with one attached hydrogen (secondary N) is 2. The molecule has 1 saturated heterocycles. The normalized spacial score (nSPS) is 17.1. The third kappa shape index (κ3) is 4.90. The highest BCUT2D eigenvalue weighted by atomic mass is 19.1. The Balaban J connectivity index is 1.64. The zero-order chi connectivity index (χ0) is 19.1. The fourth-order valence-electron chi connectivity index (χ4n) is 3.29. The number of methoxy groups -OCH3 is 1. The number of hydrogen-bond acceptors (Lipinski definition) is 3. The quantitative estimate of drug-likeness (QED) is 0.606. The minimum Gasteiger partial charge on any atom is -0.495 e. The van der Waals surface area contributed by atoms with Crippen molar-refractivity contribution >= 4 is 11.6 Å². The molecule has 2 aromatic carbocycles. The fourth-order valence-corrected chi connectivity index (χ4v) is 3.29. The molecule has 0 radical (unpaired) electrons. The van der Waals surface area contributed by atoms with E-state index < -0.39 is 0 Å². The summed E-state index contributed by atoms with van der Waals surface area (Å²) in [6.07, 6.45) is 1.00. The second kappa shape index (κ2) is 9.26. The lowest BCUT2D eigenvalue weighted by Crippen LogP contribution is -2.44. The van der Waals surface area contributed by atoms with Gasteiger partial charge in [-0.1, -0.05) is 30.3 Å². The average molecular weight is 370 g/mol. The van der Waals surface area contributed by atoms with E-state index in [0.717, 1.165) is 37.5 Å². The SMILES string of the molecule is CCNC(=NCc1ccccc1F)NC1CCN(c2ccccc2OC)C1. The Morgan fingerprint density at radius 1 is 1.22 bits per heavy atom. The first-order chi connectivity index (χ1) is 13.2. The van der Waals surface area contributed by atoms with Crippen molar-refractivity contribution in [1.29, 1.82) is 0 Å². The van der Waals surface area contributed by atoms with Gasteiger partial charge in [-0.15, -0.1) is 0 Å². The van der Waals surface area contributed by atoms with Crippen LogP contribution >= 0.6 is 0 Å². The third-order valence-corrected chi connectivity index (χ3v) is 4.66. The van der Waals surface area contributed by atoms with Gasteiger partial charge in [0.25, 0.3) is 0 Å². The minimum atomic E-state index is -0.222. The smallest absolute Gasteiger partial charge is 0.191 e. The molecular weight excluding hydrogens is 343 g/mol.